The fraction of sp³-hybridized carbons (Fsp3) is 0.0625. The van der Waals surface area contributed by atoms with E-state index >= 15 is 0 Å². The number of halogens is 4. The molecule has 22 heavy (non-hydrogen) atoms. The standard InChI is InChI=1S/C16H11F3NO.ClH/c17-16(18,19)12-3-1-10(2-4-12)7-11-9-20-15-8-13(21)5-6-14(11)15;/h1-9,20-21H;1H. The van der Waals surface area contributed by atoms with Crippen LogP contribution in [0.4, 0.5) is 13.2 Å². The number of hydrogen-bond donors (Lipinski definition) is 2. The number of alkyl halides is 3. The van der Waals surface area contributed by atoms with Gasteiger partial charge in [0.1, 0.15) is 5.75 Å². The second-order valence-corrected chi connectivity index (χ2v) is 4.74. The third-order valence-corrected chi connectivity index (χ3v) is 3.26. The summed E-state index contributed by atoms with van der Waals surface area (Å²) in [6.07, 6.45) is -0.783. The average Bonchev–Trinajstić information content (AvgIpc) is 2.80. The van der Waals surface area contributed by atoms with Crippen LogP contribution in [0.15, 0.2) is 48.7 Å². The minimum absolute atomic E-state index is 0. The van der Waals surface area contributed by atoms with Gasteiger partial charge in [0.15, 0.2) is 0 Å². The Morgan fingerprint density at radius 2 is 1.68 bits per heavy atom. The first-order valence-corrected chi connectivity index (χ1v) is 6.25. The molecule has 2 aromatic carbocycles. The molecule has 3 aromatic rings. The minimum Gasteiger partial charge on any atom is -0.508 e. The van der Waals surface area contributed by atoms with Crippen LogP contribution >= 0.6 is 12.4 Å². The van der Waals surface area contributed by atoms with Crippen LogP contribution in [0.1, 0.15) is 16.7 Å². The molecule has 0 bridgehead atoms. The number of nitrogens with one attached hydrogen (secondary N) is 1. The molecule has 0 amide bonds. The van der Waals surface area contributed by atoms with Gasteiger partial charge in [0.25, 0.3) is 0 Å². The summed E-state index contributed by atoms with van der Waals surface area (Å²) >= 11 is 0. The Morgan fingerprint density at radius 3 is 2.32 bits per heavy atom. The highest BCUT2D eigenvalue weighted by molar-refractivity contribution is 5.86. The third-order valence-electron chi connectivity index (χ3n) is 3.26. The molecular weight excluding hydrogens is 315 g/mol. The molecule has 115 valence electrons. The maximum atomic E-state index is 12.5. The summed E-state index contributed by atoms with van der Waals surface area (Å²) in [4.78, 5) is 3.01. The second kappa shape index (κ2) is 5.93. The zero-order chi connectivity index (χ0) is 15.0. The molecule has 0 saturated heterocycles. The summed E-state index contributed by atoms with van der Waals surface area (Å²) in [6, 6.07) is 9.92. The van der Waals surface area contributed by atoms with Crippen LogP contribution < -0.4 is 0 Å². The summed E-state index contributed by atoms with van der Waals surface area (Å²) in [7, 11) is 0. The molecule has 1 aromatic heterocycles. The van der Waals surface area contributed by atoms with Gasteiger partial charge in [-0.15, -0.1) is 12.4 Å². The van der Waals surface area contributed by atoms with Crippen LogP contribution in [0.3, 0.4) is 0 Å². The van der Waals surface area contributed by atoms with Gasteiger partial charge in [0.2, 0.25) is 0 Å². The lowest BCUT2D eigenvalue weighted by Crippen LogP contribution is -2.04. The van der Waals surface area contributed by atoms with Crippen LogP contribution in [0.5, 0.6) is 5.75 Å². The molecule has 0 unspecified atom stereocenters. The first-order valence-electron chi connectivity index (χ1n) is 6.25. The molecule has 2 nitrogen and oxygen atoms in total. The fourth-order valence-electron chi connectivity index (χ4n) is 2.20. The predicted molar refractivity (Wildman–Crippen MR) is 81.2 cm³/mol. The van der Waals surface area contributed by atoms with Crippen molar-refractivity contribution in [1.29, 1.82) is 0 Å². The molecule has 0 aliphatic rings. The quantitative estimate of drug-likeness (QED) is 0.689. The molecule has 2 N–H and O–H groups in total. The van der Waals surface area contributed by atoms with Crippen molar-refractivity contribution in [3.8, 4) is 5.75 Å². The van der Waals surface area contributed by atoms with E-state index in [0.29, 0.717) is 5.56 Å². The number of hydrogen-bond acceptors (Lipinski definition) is 1. The summed E-state index contributed by atoms with van der Waals surface area (Å²) in [5.41, 5.74) is 1.64. The van der Waals surface area contributed by atoms with E-state index < -0.39 is 11.7 Å². The zero-order valence-electron chi connectivity index (χ0n) is 11.2. The Hall–Kier alpha value is -2.14. The largest absolute Gasteiger partial charge is 0.508 e. The molecule has 0 fully saturated rings. The van der Waals surface area contributed by atoms with Crippen molar-refractivity contribution in [2.24, 2.45) is 0 Å². The molecule has 1 radical (unpaired) electrons. The van der Waals surface area contributed by atoms with E-state index in [2.05, 4.69) is 4.98 Å². The van der Waals surface area contributed by atoms with E-state index in [4.69, 9.17) is 0 Å². The number of aromatic amines is 1. The first kappa shape index (κ1) is 16.2. The maximum Gasteiger partial charge on any atom is 0.416 e. The molecule has 1 heterocycles. The number of benzene rings is 2. The van der Waals surface area contributed by atoms with E-state index in [1.165, 1.54) is 12.1 Å². The van der Waals surface area contributed by atoms with Crippen molar-refractivity contribution >= 4 is 23.3 Å². The lowest BCUT2D eigenvalue weighted by atomic mass is 10.0. The molecule has 6 heteroatoms. The molecular formula is C16H12ClF3NO. The number of phenolic OH excluding ortho intramolecular Hbond substituents is 1. The van der Waals surface area contributed by atoms with Gasteiger partial charge in [-0.1, -0.05) is 12.1 Å². The highest BCUT2D eigenvalue weighted by Crippen LogP contribution is 2.30. The topological polar surface area (TPSA) is 36.0 Å². The van der Waals surface area contributed by atoms with Gasteiger partial charge < -0.3 is 10.1 Å². The first-order chi connectivity index (χ1) is 9.93. The molecule has 0 spiro atoms. The van der Waals surface area contributed by atoms with Gasteiger partial charge in [-0.05, 0) is 35.4 Å². The lowest BCUT2D eigenvalue weighted by Gasteiger charge is -2.07. The van der Waals surface area contributed by atoms with Crippen LogP contribution in [0.25, 0.3) is 10.9 Å². The summed E-state index contributed by atoms with van der Waals surface area (Å²) in [5.74, 6) is 0.158. The highest BCUT2D eigenvalue weighted by atomic mass is 35.5. The van der Waals surface area contributed by atoms with Gasteiger partial charge in [0.05, 0.1) is 5.56 Å². The number of H-pyrrole nitrogens is 1. The van der Waals surface area contributed by atoms with Crippen LogP contribution in [0.2, 0.25) is 0 Å². The number of phenols is 1. The van der Waals surface area contributed by atoms with Crippen molar-refractivity contribution in [2.75, 3.05) is 0 Å². The van der Waals surface area contributed by atoms with E-state index in [9.17, 15) is 18.3 Å². The third kappa shape index (κ3) is 3.20. The van der Waals surface area contributed by atoms with Gasteiger partial charge >= 0.3 is 6.18 Å². The van der Waals surface area contributed by atoms with E-state index in [0.717, 1.165) is 28.6 Å². The van der Waals surface area contributed by atoms with Crippen LogP contribution in [0, 0.1) is 6.42 Å². The Labute approximate surface area is 131 Å². The Balaban J connectivity index is 0.00000176. The normalized spacial score (nSPS) is 11.4. The van der Waals surface area contributed by atoms with Crippen LogP contribution in [-0.2, 0) is 6.18 Å². The van der Waals surface area contributed by atoms with Crippen molar-refractivity contribution in [3.05, 3.63) is 71.8 Å². The van der Waals surface area contributed by atoms with E-state index in [1.54, 1.807) is 30.8 Å². The fourth-order valence-corrected chi connectivity index (χ4v) is 2.20. The Morgan fingerprint density at radius 1 is 1.00 bits per heavy atom. The molecule has 0 aliphatic heterocycles. The SMILES string of the molecule is Cl.Oc1ccc2c([CH]c3ccc(C(F)(F)F)cc3)c[nH]c2c1. The predicted octanol–water partition coefficient (Wildman–Crippen LogP) is 4.91. The van der Waals surface area contributed by atoms with Crippen molar-refractivity contribution in [3.63, 3.8) is 0 Å². The smallest absolute Gasteiger partial charge is 0.416 e. The van der Waals surface area contributed by atoms with Crippen molar-refractivity contribution in [1.82, 2.24) is 4.98 Å². The number of aromatic hydroxyl groups is 1. The molecule has 0 saturated carbocycles. The maximum absolute atomic E-state index is 12.5. The number of aromatic nitrogens is 1. The number of fused-ring (bicyclic) bond motifs is 1. The summed E-state index contributed by atoms with van der Waals surface area (Å²) in [6.45, 7) is 0. The molecule has 3 rings (SSSR count). The monoisotopic (exact) mass is 326 g/mol. The highest BCUT2D eigenvalue weighted by Gasteiger charge is 2.29. The summed E-state index contributed by atoms with van der Waals surface area (Å²) < 4.78 is 37.5. The lowest BCUT2D eigenvalue weighted by molar-refractivity contribution is -0.137. The minimum atomic E-state index is -4.32. The Kier molecular flexibility index (Phi) is 4.37. The zero-order valence-corrected chi connectivity index (χ0v) is 12.0. The summed E-state index contributed by atoms with van der Waals surface area (Å²) in [5, 5.41) is 10.3. The van der Waals surface area contributed by atoms with Gasteiger partial charge in [-0.2, -0.15) is 13.2 Å². The van der Waals surface area contributed by atoms with Gasteiger partial charge in [-0.3, -0.25) is 0 Å². The average molecular weight is 327 g/mol. The van der Waals surface area contributed by atoms with Gasteiger partial charge in [-0.25, -0.2) is 0 Å². The van der Waals surface area contributed by atoms with Crippen molar-refractivity contribution in [2.45, 2.75) is 6.18 Å². The van der Waals surface area contributed by atoms with E-state index in [-0.39, 0.29) is 18.2 Å². The van der Waals surface area contributed by atoms with E-state index in [1.807, 2.05) is 0 Å². The van der Waals surface area contributed by atoms with Crippen molar-refractivity contribution < 1.29 is 18.3 Å². The molecule has 0 aliphatic carbocycles. The van der Waals surface area contributed by atoms with Crippen LogP contribution in [-0.4, -0.2) is 10.1 Å². The second-order valence-electron chi connectivity index (χ2n) is 4.74. The van der Waals surface area contributed by atoms with Gasteiger partial charge in [0, 0.05) is 29.6 Å². The number of rotatable bonds is 2. The Bertz CT molecular complexity index is 778. The molecule has 0 atom stereocenters.